The van der Waals surface area contributed by atoms with Gasteiger partial charge >= 0.3 is 18.2 Å². The quantitative estimate of drug-likeness (QED) is 0.0455. The molecule has 0 spiro atoms. The molecule has 12 heteroatoms. The summed E-state index contributed by atoms with van der Waals surface area (Å²) in [5.74, 6) is 3.16. The number of ether oxygens (including phenoxy) is 3. The summed E-state index contributed by atoms with van der Waals surface area (Å²) >= 11 is 9.90. The lowest BCUT2D eigenvalue weighted by molar-refractivity contribution is -0.385. The molecule has 2 aromatic carbocycles. The van der Waals surface area contributed by atoms with Crippen molar-refractivity contribution in [1.29, 1.82) is 5.26 Å². The molecule has 0 saturated heterocycles. The predicted octanol–water partition coefficient (Wildman–Crippen LogP) is 5.91. The highest BCUT2D eigenvalue weighted by Crippen LogP contribution is 2.34. The van der Waals surface area contributed by atoms with Crippen molar-refractivity contribution in [1.82, 2.24) is 0 Å². The number of alkyl halides is 1. The summed E-state index contributed by atoms with van der Waals surface area (Å²) in [4.78, 5) is 36.3. The fourth-order valence-corrected chi connectivity index (χ4v) is 5.32. The van der Waals surface area contributed by atoms with Crippen molar-refractivity contribution in [3.05, 3.63) is 69.8 Å². The Hall–Kier alpha value is -3.89. The minimum absolute atomic E-state index is 0.0123. The van der Waals surface area contributed by atoms with Crippen LogP contribution in [0.2, 0.25) is 0 Å². The Morgan fingerprint density at radius 1 is 1.17 bits per heavy atom. The van der Waals surface area contributed by atoms with Crippen LogP contribution < -0.4 is 4.74 Å². The zero-order valence-corrected chi connectivity index (χ0v) is 26.1. The van der Waals surface area contributed by atoms with Crippen LogP contribution in [0, 0.1) is 46.1 Å². The van der Waals surface area contributed by atoms with Gasteiger partial charge in [0.2, 0.25) is 0 Å². The molecule has 0 heterocycles. The molecule has 0 bridgehead atoms. The van der Waals surface area contributed by atoms with E-state index >= 15 is 0 Å². The molecular weight excluding hydrogens is 644 g/mol. The van der Waals surface area contributed by atoms with Gasteiger partial charge in [0, 0.05) is 18.1 Å². The van der Waals surface area contributed by atoms with Gasteiger partial charge in [-0.3, -0.25) is 19.7 Å². The number of esters is 2. The number of nitro benzene ring substituents is 1. The van der Waals surface area contributed by atoms with E-state index in [1.807, 2.05) is 30.3 Å². The van der Waals surface area contributed by atoms with Crippen LogP contribution in [0.3, 0.4) is 0 Å². The Morgan fingerprint density at radius 2 is 1.86 bits per heavy atom. The molecular formula is C30H27BrN2O7S2. The summed E-state index contributed by atoms with van der Waals surface area (Å²) in [5, 5.41) is 21.2. The van der Waals surface area contributed by atoms with Crippen LogP contribution in [0.1, 0.15) is 44.2 Å². The van der Waals surface area contributed by atoms with Gasteiger partial charge in [-0.05, 0) is 56.7 Å². The summed E-state index contributed by atoms with van der Waals surface area (Å²) in [5.41, 5.74) is 0.957. The van der Waals surface area contributed by atoms with E-state index in [2.05, 4.69) is 33.8 Å². The lowest BCUT2D eigenvalue weighted by atomic mass is 9.99. The van der Waals surface area contributed by atoms with E-state index in [1.165, 1.54) is 25.1 Å². The highest BCUT2D eigenvalue weighted by molar-refractivity contribution is 9.10. The Balaban J connectivity index is 1.97. The zero-order chi connectivity index (χ0) is 31.3. The van der Waals surface area contributed by atoms with Crippen molar-refractivity contribution in [3.63, 3.8) is 0 Å². The number of halogens is 1. The van der Waals surface area contributed by atoms with Crippen LogP contribution in [-0.2, 0) is 25.5 Å². The molecule has 3 unspecified atom stereocenters. The molecule has 2 aromatic rings. The summed E-state index contributed by atoms with van der Waals surface area (Å²) in [6.45, 7) is 3.15. The Kier molecular flexibility index (Phi) is 13.0. The Bertz CT molecular complexity index is 1440. The van der Waals surface area contributed by atoms with Crippen LogP contribution in [0.5, 0.6) is 5.75 Å². The lowest BCUT2D eigenvalue weighted by Gasteiger charge is -2.23. The lowest BCUT2D eigenvalue weighted by Crippen LogP contribution is -2.35. The molecule has 0 amide bonds. The molecule has 0 aliphatic heterocycles. The number of carbonyl (C=O) groups is 2. The normalized spacial score (nSPS) is 13.9. The average Bonchev–Trinajstić information content (AvgIpc) is 2.97. The number of aryl methyl sites for hydroxylation is 1. The first-order chi connectivity index (χ1) is 19.8. The molecule has 42 heavy (non-hydrogen) atoms. The van der Waals surface area contributed by atoms with Crippen molar-refractivity contribution in [3.8, 4) is 36.5 Å². The van der Waals surface area contributed by atoms with E-state index in [0.29, 0.717) is 15.5 Å². The highest BCUT2D eigenvalue weighted by Gasteiger charge is 2.35. The van der Waals surface area contributed by atoms with Gasteiger partial charge in [0.15, 0.2) is 0 Å². The maximum Gasteiger partial charge on any atom is 0.326 e. The third-order valence-electron chi connectivity index (χ3n) is 5.82. The molecule has 2 rings (SSSR count). The molecule has 0 saturated carbocycles. The van der Waals surface area contributed by atoms with Gasteiger partial charge in [0.05, 0.1) is 15.2 Å². The van der Waals surface area contributed by atoms with Crippen molar-refractivity contribution in [2.24, 2.45) is 0 Å². The fourth-order valence-electron chi connectivity index (χ4n) is 3.43. The highest BCUT2D eigenvalue weighted by atomic mass is 79.9. The first-order valence-electron chi connectivity index (χ1n) is 12.4. The van der Waals surface area contributed by atoms with Crippen LogP contribution in [0.25, 0.3) is 0 Å². The predicted molar refractivity (Wildman–Crippen MR) is 167 cm³/mol. The summed E-state index contributed by atoms with van der Waals surface area (Å²) in [6, 6.07) is 15.6. The maximum atomic E-state index is 12.9. The number of nitriles is 1. The van der Waals surface area contributed by atoms with Crippen LogP contribution in [0.4, 0.5) is 5.69 Å². The number of thioether (sulfide) groups is 1. The third kappa shape index (κ3) is 10.5. The topological polar surface area (TPSA) is 129 Å². The van der Waals surface area contributed by atoms with E-state index in [4.69, 9.17) is 39.3 Å². The Morgan fingerprint density at radius 3 is 2.45 bits per heavy atom. The van der Waals surface area contributed by atoms with Crippen LogP contribution >= 0.6 is 39.9 Å². The second-order valence-electron chi connectivity index (χ2n) is 9.23. The van der Waals surface area contributed by atoms with E-state index < -0.39 is 32.2 Å². The summed E-state index contributed by atoms with van der Waals surface area (Å²) < 4.78 is 13.9. The number of nitro groups is 1. The second-order valence-corrected chi connectivity index (χ2v) is 13.2. The largest absolute Gasteiger partial charge is 0.481 e. The molecule has 0 aromatic heterocycles. The van der Waals surface area contributed by atoms with E-state index in [9.17, 15) is 25.0 Å². The molecule has 218 valence electrons. The standard InChI is InChI=1S/C30H27BrN2O7S2/c1-5-18-38-23-12-13-24(33(36)37)22(19-23)14-17-30(4,31)28(35)40-26(6-2)39-25(34)15-16-29(3,20-32)42-27(41)21-10-8-7-9-11-21/h1-2,7-13,19,26H,14-18H2,3-4H3. The first-order valence-corrected chi connectivity index (χ1v) is 14.4. The number of thiocarbonyl (C=S) groups is 1. The summed E-state index contributed by atoms with van der Waals surface area (Å²) in [6.07, 6.45) is 9.08. The van der Waals surface area contributed by atoms with Crippen molar-refractivity contribution in [2.45, 2.75) is 54.9 Å². The molecule has 0 aliphatic carbocycles. The monoisotopic (exact) mass is 670 g/mol. The maximum absolute atomic E-state index is 12.9. The van der Waals surface area contributed by atoms with Crippen LogP contribution in [-0.4, -0.2) is 43.0 Å². The SMILES string of the molecule is C#CCOc1ccc([N+](=O)[O-])c(CCC(C)(Br)C(=O)OC(C#C)OC(=O)CCC(C)(C#N)SC(=S)c2ccccc2)c1. The van der Waals surface area contributed by atoms with Gasteiger partial charge in [0.1, 0.15) is 21.4 Å². The zero-order valence-electron chi connectivity index (χ0n) is 22.8. The van der Waals surface area contributed by atoms with Gasteiger partial charge in [-0.15, -0.1) is 12.8 Å². The minimum atomic E-state index is -1.62. The number of carbonyl (C=O) groups excluding carboxylic acids is 2. The number of benzene rings is 2. The van der Waals surface area contributed by atoms with Crippen LogP contribution in [0.15, 0.2) is 48.5 Å². The van der Waals surface area contributed by atoms with E-state index in [0.717, 1.165) is 17.3 Å². The number of hydrogen-bond acceptors (Lipinski definition) is 10. The van der Waals surface area contributed by atoms with Gasteiger partial charge in [-0.1, -0.05) is 76.2 Å². The van der Waals surface area contributed by atoms with Crippen molar-refractivity contribution in [2.75, 3.05) is 6.61 Å². The number of terminal acetylenes is 2. The third-order valence-corrected chi connectivity index (χ3v) is 8.19. The second kappa shape index (κ2) is 15.9. The number of nitrogens with zero attached hydrogens (tertiary/aromatic N) is 2. The smallest absolute Gasteiger partial charge is 0.326 e. The van der Waals surface area contributed by atoms with Gasteiger partial charge in [-0.25, -0.2) is 0 Å². The van der Waals surface area contributed by atoms with Crippen molar-refractivity contribution >= 4 is 61.7 Å². The van der Waals surface area contributed by atoms with Gasteiger partial charge < -0.3 is 14.2 Å². The Labute approximate surface area is 262 Å². The van der Waals surface area contributed by atoms with E-state index in [1.54, 1.807) is 6.92 Å². The van der Waals surface area contributed by atoms with Crippen molar-refractivity contribution < 1.29 is 28.7 Å². The molecule has 0 radical (unpaired) electrons. The fraction of sp³-hybridized carbons (Fsp3) is 0.333. The number of hydrogen-bond donors (Lipinski definition) is 0. The molecule has 0 fully saturated rings. The van der Waals surface area contributed by atoms with Gasteiger partial charge in [0.25, 0.3) is 5.69 Å². The summed E-state index contributed by atoms with van der Waals surface area (Å²) in [7, 11) is 0. The van der Waals surface area contributed by atoms with E-state index in [-0.39, 0.29) is 38.0 Å². The molecule has 0 N–H and O–H groups in total. The molecule has 0 aliphatic rings. The first kappa shape index (κ1) is 34.3. The minimum Gasteiger partial charge on any atom is -0.481 e. The van der Waals surface area contributed by atoms with Gasteiger partial charge in [-0.2, -0.15) is 5.26 Å². The average molecular weight is 672 g/mol. The number of rotatable bonds is 14. The molecule has 3 atom stereocenters. The molecule has 9 nitrogen and oxygen atoms in total.